The van der Waals surface area contributed by atoms with Gasteiger partial charge >= 0.3 is 12.4 Å². The van der Waals surface area contributed by atoms with Gasteiger partial charge in [0.15, 0.2) is 6.10 Å². The average molecular weight is 472 g/mol. The monoisotopic (exact) mass is 472 g/mol. The predicted molar refractivity (Wildman–Crippen MR) is 102 cm³/mol. The molecule has 0 saturated carbocycles. The molecule has 0 aliphatic rings. The van der Waals surface area contributed by atoms with E-state index in [0.29, 0.717) is 0 Å². The zero-order valence-corrected chi connectivity index (χ0v) is 16.4. The number of halogens is 6. The summed E-state index contributed by atoms with van der Waals surface area (Å²) in [4.78, 5) is 29.1. The Balaban J connectivity index is 2.06. The van der Waals surface area contributed by atoms with E-state index in [0.717, 1.165) is 35.0 Å². The van der Waals surface area contributed by atoms with Crippen molar-refractivity contribution in [2.24, 2.45) is 0 Å². The van der Waals surface area contributed by atoms with Gasteiger partial charge in [0.25, 0.3) is 11.5 Å². The maximum absolute atomic E-state index is 12.8. The van der Waals surface area contributed by atoms with E-state index in [9.17, 15) is 35.9 Å². The average Bonchev–Trinajstić information content (AvgIpc) is 2.76. The molecule has 1 atom stereocenters. The van der Waals surface area contributed by atoms with Crippen molar-refractivity contribution in [3.8, 4) is 16.9 Å². The molecule has 1 unspecified atom stereocenters. The lowest BCUT2D eigenvalue weighted by Crippen LogP contribution is -2.42. The standard InChI is InChI=1S/C20H14F6N4O3/c21-19(22,23)12-5-3-11(4-6-12)15-8-14(17(32)28-10-16(31)20(24,25)26)18(33)30(29-15)13-2-1-7-27-9-13/h1-9,16,31H,10H2,(H,28,32). The highest BCUT2D eigenvalue weighted by atomic mass is 19.4. The first-order valence-electron chi connectivity index (χ1n) is 9.13. The number of hydrogen-bond donors (Lipinski definition) is 2. The van der Waals surface area contributed by atoms with E-state index in [2.05, 4.69) is 10.1 Å². The Labute approximate surface area is 181 Å². The molecule has 0 radical (unpaired) electrons. The maximum atomic E-state index is 12.8. The Bertz CT molecular complexity index is 1190. The minimum atomic E-state index is -4.99. The van der Waals surface area contributed by atoms with Gasteiger partial charge in [0.2, 0.25) is 0 Å². The van der Waals surface area contributed by atoms with Crippen LogP contribution >= 0.6 is 0 Å². The van der Waals surface area contributed by atoms with Gasteiger partial charge in [0.05, 0.1) is 29.7 Å². The van der Waals surface area contributed by atoms with Crippen molar-refractivity contribution in [1.29, 1.82) is 0 Å². The minimum absolute atomic E-state index is 0.0978. The van der Waals surface area contributed by atoms with Gasteiger partial charge in [-0.3, -0.25) is 14.6 Å². The molecule has 0 saturated heterocycles. The fourth-order valence-electron chi connectivity index (χ4n) is 2.68. The third-order valence-electron chi connectivity index (χ3n) is 4.39. The van der Waals surface area contributed by atoms with E-state index < -0.39 is 47.6 Å². The van der Waals surface area contributed by atoms with Crippen LogP contribution in [-0.4, -0.2) is 44.6 Å². The van der Waals surface area contributed by atoms with Crippen molar-refractivity contribution in [3.05, 3.63) is 76.3 Å². The fourth-order valence-corrected chi connectivity index (χ4v) is 2.68. The molecule has 0 bridgehead atoms. The number of aromatic nitrogens is 3. The van der Waals surface area contributed by atoms with Crippen LogP contribution < -0.4 is 10.9 Å². The van der Waals surface area contributed by atoms with Crippen LogP contribution in [0, 0.1) is 0 Å². The van der Waals surface area contributed by atoms with Crippen molar-refractivity contribution in [3.63, 3.8) is 0 Å². The van der Waals surface area contributed by atoms with Crippen LogP contribution in [0.4, 0.5) is 26.3 Å². The number of carbonyl (C=O) groups excluding carboxylic acids is 1. The van der Waals surface area contributed by atoms with Crippen LogP contribution in [0.2, 0.25) is 0 Å². The third kappa shape index (κ3) is 5.55. The quantitative estimate of drug-likeness (QED) is 0.557. The molecule has 3 rings (SSSR count). The van der Waals surface area contributed by atoms with Crippen LogP contribution in [0.15, 0.2) is 59.7 Å². The smallest absolute Gasteiger partial charge is 0.382 e. The number of carbonyl (C=O) groups is 1. The van der Waals surface area contributed by atoms with Crippen molar-refractivity contribution >= 4 is 5.91 Å². The summed E-state index contributed by atoms with van der Waals surface area (Å²) in [6, 6.07) is 7.48. The van der Waals surface area contributed by atoms with Crippen molar-refractivity contribution in [2.45, 2.75) is 18.5 Å². The molecule has 33 heavy (non-hydrogen) atoms. The zero-order valence-electron chi connectivity index (χ0n) is 16.4. The summed E-state index contributed by atoms with van der Waals surface area (Å²) in [5, 5.41) is 14.9. The molecule has 2 aromatic heterocycles. The second kappa shape index (κ2) is 9.02. The van der Waals surface area contributed by atoms with Gasteiger partial charge in [0, 0.05) is 11.8 Å². The first-order chi connectivity index (χ1) is 15.4. The first kappa shape index (κ1) is 23.9. The van der Waals surface area contributed by atoms with E-state index >= 15 is 0 Å². The Morgan fingerprint density at radius 2 is 1.76 bits per heavy atom. The Hall–Kier alpha value is -3.74. The van der Waals surface area contributed by atoms with Gasteiger partial charge in [-0.25, -0.2) is 0 Å². The number of benzene rings is 1. The molecule has 2 heterocycles. The Morgan fingerprint density at radius 1 is 1.09 bits per heavy atom. The van der Waals surface area contributed by atoms with E-state index in [4.69, 9.17) is 5.11 Å². The van der Waals surface area contributed by atoms with Crippen molar-refractivity contribution in [1.82, 2.24) is 20.1 Å². The lowest BCUT2D eigenvalue weighted by molar-refractivity contribution is -0.201. The van der Waals surface area contributed by atoms with Gasteiger partial charge in [-0.15, -0.1) is 0 Å². The van der Waals surface area contributed by atoms with Gasteiger partial charge in [0.1, 0.15) is 5.56 Å². The summed E-state index contributed by atoms with van der Waals surface area (Å²) in [5.41, 5.74) is -2.50. The Kier molecular flexibility index (Phi) is 6.53. The van der Waals surface area contributed by atoms with Crippen LogP contribution in [0.1, 0.15) is 15.9 Å². The number of nitrogens with one attached hydrogen (secondary N) is 1. The molecule has 0 fully saturated rings. The van der Waals surface area contributed by atoms with Crippen molar-refractivity contribution < 1.29 is 36.2 Å². The number of rotatable bonds is 5. The molecule has 2 N–H and O–H groups in total. The van der Waals surface area contributed by atoms with Crippen LogP contribution in [0.5, 0.6) is 0 Å². The summed E-state index contributed by atoms with van der Waals surface area (Å²) in [5.74, 6) is -1.24. The van der Waals surface area contributed by atoms with E-state index in [-0.39, 0.29) is 16.9 Å². The number of amides is 1. The van der Waals surface area contributed by atoms with Gasteiger partial charge in [-0.2, -0.15) is 36.1 Å². The molecule has 0 spiro atoms. The van der Waals surface area contributed by atoms with Gasteiger partial charge in [-0.1, -0.05) is 12.1 Å². The summed E-state index contributed by atoms with van der Waals surface area (Å²) in [7, 11) is 0. The van der Waals surface area contributed by atoms with Crippen LogP contribution in [0.25, 0.3) is 16.9 Å². The molecule has 174 valence electrons. The third-order valence-corrected chi connectivity index (χ3v) is 4.39. The summed E-state index contributed by atoms with van der Waals surface area (Å²) in [6.07, 6.45) is -9.84. The molecular weight excluding hydrogens is 458 g/mol. The molecule has 0 aliphatic carbocycles. The fraction of sp³-hybridized carbons (Fsp3) is 0.200. The number of pyridine rings is 1. The Morgan fingerprint density at radius 3 is 2.30 bits per heavy atom. The molecular formula is C20H14F6N4O3. The first-order valence-corrected chi connectivity index (χ1v) is 9.13. The second-order valence-electron chi connectivity index (χ2n) is 6.71. The highest BCUT2D eigenvalue weighted by Gasteiger charge is 2.38. The van der Waals surface area contributed by atoms with Gasteiger partial charge < -0.3 is 10.4 Å². The lowest BCUT2D eigenvalue weighted by atomic mass is 10.1. The van der Waals surface area contributed by atoms with E-state index in [1.54, 1.807) is 0 Å². The van der Waals surface area contributed by atoms with E-state index in [1.807, 2.05) is 5.32 Å². The molecule has 1 amide bonds. The largest absolute Gasteiger partial charge is 0.416 e. The van der Waals surface area contributed by atoms with Crippen LogP contribution in [0.3, 0.4) is 0 Å². The maximum Gasteiger partial charge on any atom is 0.416 e. The van der Waals surface area contributed by atoms with Crippen molar-refractivity contribution in [2.75, 3.05) is 6.54 Å². The lowest BCUT2D eigenvalue weighted by Gasteiger charge is -2.15. The van der Waals surface area contributed by atoms with E-state index in [1.165, 1.54) is 24.5 Å². The topological polar surface area (TPSA) is 97.1 Å². The molecule has 3 aromatic rings. The zero-order chi connectivity index (χ0) is 24.4. The number of alkyl halides is 6. The minimum Gasteiger partial charge on any atom is -0.382 e. The molecule has 7 nitrogen and oxygen atoms in total. The summed E-state index contributed by atoms with van der Waals surface area (Å²) >= 11 is 0. The molecule has 1 aromatic carbocycles. The number of hydrogen-bond acceptors (Lipinski definition) is 5. The normalized spacial score (nSPS) is 12.9. The summed E-state index contributed by atoms with van der Waals surface area (Å²) < 4.78 is 76.8. The number of nitrogens with zero attached hydrogens (tertiary/aromatic N) is 3. The highest BCUT2D eigenvalue weighted by Crippen LogP contribution is 2.30. The second-order valence-corrected chi connectivity index (χ2v) is 6.71. The molecule has 13 heteroatoms. The summed E-state index contributed by atoms with van der Waals surface area (Å²) in [6.45, 7) is -1.22. The number of aliphatic hydroxyl groups excluding tert-OH is 1. The van der Waals surface area contributed by atoms with Crippen LogP contribution in [-0.2, 0) is 6.18 Å². The highest BCUT2D eigenvalue weighted by molar-refractivity contribution is 5.94. The number of aliphatic hydroxyl groups is 1. The molecule has 0 aliphatic heterocycles. The van der Waals surface area contributed by atoms with Gasteiger partial charge in [-0.05, 0) is 30.3 Å². The SMILES string of the molecule is O=C(NCC(O)C(F)(F)F)c1cc(-c2ccc(C(F)(F)F)cc2)nn(-c2cccnc2)c1=O. The predicted octanol–water partition coefficient (Wildman–Crippen LogP) is 2.97.